The van der Waals surface area contributed by atoms with Gasteiger partial charge in [-0.25, -0.2) is 9.78 Å². The van der Waals surface area contributed by atoms with Crippen LogP contribution in [0.3, 0.4) is 0 Å². The molecule has 0 aliphatic carbocycles. The molecule has 1 heterocycles. The van der Waals surface area contributed by atoms with Crippen molar-refractivity contribution in [2.24, 2.45) is 4.99 Å². The first-order valence-corrected chi connectivity index (χ1v) is 9.48. The zero-order chi connectivity index (χ0) is 21.5. The number of hydrogen-bond acceptors (Lipinski definition) is 5. The summed E-state index contributed by atoms with van der Waals surface area (Å²) >= 11 is 0. The molecule has 1 amide bonds. The minimum absolute atomic E-state index is 0. The quantitative estimate of drug-likeness (QED) is 0.260. The number of aliphatic imine (C=N–C) groups is 1. The van der Waals surface area contributed by atoms with Gasteiger partial charge in [-0.2, -0.15) is 5.10 Å². The molecule has 9 nitrogen and oxygen atoms in total. The van der Waals surface area contributed by atoms with E-state index >= 15 is 0 Å². The van der Waals surface area contributed by atoms with Gasteiger partial charge in [0.05, 0.1) is 5.54 Å². The Hall–Kier alpha value is -2.37. The highest BCUT2D eigenvalue weighted by molar-refractivity contribution is 14.0. The lowest BCUT2D eigenvalue weighted by Gasteiger charge is -2.29. The Bertz CT molecular complexity index is 830. The number of nitrogens with zero attached hydrogens (tertiary/aromatic N) is 3. The van der Waals surface area contributed by atoms with Gasteiger partial charge in [0.2, 0.25) is 0 Å². The Morgan fingerprint density at radius 1 is 1.20 bits per heavy atom. The van der Waals surface area contributed by atoms with E-state index in [1.165, 1.54) is 6.33 Å². The summed E-state index contributed by atoms with van der Waals surface area (Å²) in [5.74, 6) is 1.36. The highest BCUT2D eigenvalue weighted by Gasteiger charge is 2.24. The number of benzene rings is 1. The third kappa shape index (κ3) is 8.97. The molecule has 0 aliphatic heterocycles. The number of aromatic nitrogens is 3. The maximum absolute atomic E-state index is 12.0. The number of carbonyl (C=O) groups is 1. The first-order valence-electron chi connectivity index (χ1n) is 9.48. The number of amides is 1. The maximum atomic E-state index is 12.0. The van der Waals surface area contributed by atoms with Gasteiger partial charge in [0, 0.05) is 25.7 Å². The van der Waals surface area contributed by atoms with Crippen LogP contribution in [-0.4, -0.2) is 52.0 Å². The number of H-pyrrole nitrogens is 1. The summed E-state index contributed by atoms with van der Waals surface area (Å²) in [5, 5.41) is 16.1. The predicted molar refractivity (Wildman–Crippen MR) is 129 cm³/mol. The van der Waals surface area contributed by atoms with E-state index in [1.54, 1.807) is 7.05 Å². The second kappa shape index (κ2) is 11.1. The van der Waals surface area contributed by atoms with E-state index in [0.717, 1.165) is 17.0 Å². The van der Waals surface area contributed by atoms with E-state index in [2.05, 4.69) is 36.1 Å². The molecule has 0 fully saturated rings. The molecule has 0 spiro atoms. The fourth-order valence-corrected chi connectivity index (χ4v) is 2.51. The second-order valence-corrected chi connectivity index (χ2v) is 8.32. The monoisotopic (exact) mass is 529 g/mol. The van der Waals surface area contributed by atoms with Gasteiger partial charge in [0.25, 0.3) is 0 Å². The molecule has 0 radical (unpaired) electrons. The molecule has 0 aliphatic rings. The van der Waals surface area contributed by atoms with Crippen molar-refractivity contribution < 1.29 is 9.53 Å². The molecule has 0 saturated heterocycles. The van der Waals surface area contributed by atoms with Crippen molar-refractivity contribution in [3.05, 3.63) is 36.2 Å². The van der Waals surface area contributed by atoms with Crippen molar-refractivity contribution in [1.82, 2.24) is 31.1 Å². The van der Waals surface area contributed by atoms with E-state index in [-0.39, 0.29) is 24.0 Å². The van der Waals surface area contributed by atoms with Crippen molar-refractivity contribution in [3.8, 4) is 11.4 Å². The number of nitrogens with one attached hydrogen (secondary N) is 4. The van der Waals surface area contributed by atoms with Gasteiger partial charge >= 0.3 is 6.09 Å². The normalized spacial score (nSPS) is 12.0. The molecule has 166 valence electrons. The lowest BCUT2D eigenvalue weighted by molar-refractivity contribution is 0.0474. The molecule has 10 heteroatoms. The molecular weight excluding hydrogens is 497 g/mol. The first kappa shape index (κ1) is 25.7. The van der Waals surface area contributed by atoms with Crippen LogP contribution in [-0.2, 0) is 11.3 Å². The zero-order valence-corrected chi connectivity index (χ0v) is 20.7. The van der Waals surface area contributed by atoms with Crippen molar-refractivity contribution in [1.29, 1.82) is 0 Å². The summed E-state index contributed by atoms with van der Waals surface area (Å²) in [6.07, 6.45) is 1.04. The Balaban J connectivity index is 0.00000450. The van der Waals surface area contributed by atoms with Gasteiger partial charge in [-0.1, -0.05) is 18.2 Å². The molecule has 1 aromatic carbocycles. The number of rotatable bonds is 6. The third-order valence-electron chi connectivity index (χ3n) is 3.84. The lowest BCUT2D eigenvalue weighted by atomic mass is 10.1. The SMILES string of the molecule is CN=C(NCc1cccc(-c2ncn[nH]2)c1)NCC(C)(C)NC(=O)OC(C)(C)C.I. The minimum atomic E-state index is -0.536. The van der Waals surface area contributed by atoms with Crippen LogP contribution in [0.2, 0.25) is 0 Å². The van der Waals surface area contributed by atoms with Gasteiger partial charge in [0.15, 0.2) is 11.8 Å². The van der Waals surface area contributed by atoms with Crippen LogP contribution >= 0.6 is 24.0 Å². The molecule has 2 rings (SSSR count). The Kier molecular flexibility index (Phi) is 9.53. The van der Waals surface area contributed by atoms with Crippen LogP contribution < -0.4 is 16.0 Å². The minimum Gasteiger partial charge on any atom is -0.444 e. The topological polar surface area (TPSA) is 116 Å². The molecule has 0 unspecified atom stereocenters. The van der Waals surface area contributed by atoms with E-state index in [9.17, 15) is 4.79 Å². The van der Waals surface area contributed by atoms with Gasteiger partial charge in [-0.05, 0) is 46.2 Å². The molecule has 30 heavy (non-hydrogen) atoms. The largest absolute Gasteiger partial charge is 0.444 e. The van der Waals surface area contributed by atoms with E-state index in [4.69, 9.17) is 4.74 Å². The fourth-order valence-electron chi connectivity index (χ4n) is 2.51. The number of hydrogen-bond donors (Lipinski definition) is 4. The Labute approximate surface area is 194 Å². The van der Waals surface area contributed by atoms with Crippen LogP contribution in [0.4, 0.5) is 4.79 Å². The summed E-state index contributed by atoms with van der Waals surface area (Å²) in [5.41, 5.74) is 0.984. The average Bonchev–Trinajstić information content (AvgIpc) is 3.14. The van der Waals surface area contributed by atoms with Crippen LogP contribution in [0.25, 0.3) is 11.4 Å². The highest BCUT2D eigenvalue weighted by Crippen LogP contribution is 2.15. The standard InChI is InChI=1S/C20H31N7O2.HI/c1-19(2,3)29-18(28)26-20(4,5)12-23-17(21-6)22-11-14-8-7-9-15(10-14)16-24-13-25-27-16;/h7-10,13H,11-12H2,1-6H3,(H,26,28)(H2,21,22,23)(H,24,25,27);1H. The third-order valence-corrected chi connectivity index (χ3v) is 3.84. The van der Waals surface area contributed by atoms with Crippen LogP contribution in [0.5, 0.6) is 0 Å². The second-order valence-electron chi connectivity index (χ2n) is 8.32. The first-order chi connectivity index (χ1) is 13.6. The summed E-state index contributed by atoms with van der Waals surface area (Å²) in [4.78, 5) is 20.4. The molecule has 0 saturated carbocycles. The number of halogens is 1. The number of carbonyl (C=O) groups excluding carboxylic acids is 1. The van der Waals surface area contributed by atoms with Crippen molar-refractivity contribution >= 4 is 36.0 Å². The van der Waals surface area contributed by atoms with E-state index < -0.39 is 17.2 Å². The summed E-state index contributed by atoms with van der Waals surface area (Å²) in [6.45, 7) is 10.4. The lowest BCUT2D eigenvalue weighted by Crippen LogP contribution is -2.54. The molecule has 4 N–H and O–H groups in total. The molecular formula is C20H32IN7O2. The summed E-state index contributed by atoms with van der Waals surface area (Å²) in [6, 6.07) is 8.00. The zero-order valence-electron chi connectivity index (χ0n) is 18.4. The number of guanidine groups is 1. The Morgan fingerprint density at radius 2 is 1.93 bits per heavy atom. The number of ether oxygens (including phenoxy) is 1. The smallest absolute Gasteiger partial charge is 0.408 e. The van der Waals surface area contributed by atoms with Gasteiger partial charge in [-0.3, -0.25) is 10.1 Å². The van der Waals surface area contributed by atoms with Crippen molar-refractivity contribution in [2.75, 3.05) is 13.6 Å². The predicted octanol–water partition coefficient (Wildman–Crippen LogP) is 3.06. The summed E-state index contributed by atoms with van der Waals surface area (Å²) in [7, 11) is 1.70. The number of alkyl carbamates (subject to hydrolysis) is 1. The van der Waals surface area contributed by atoms with Crippen LogP contribution in [0.1, 0.15) is 40.2 Å². The van der Waals surface area contributed by atoms with Crippen molar-refractivity contribution in [2.45, 2.75) is 52.3 Å². The molecule has 1 aromatic heterocycles. The highest BCUT2D eigenvalue weighted by atomic mass is 127. The van der Waals surface area contributed by atoms with E-state index in [1.807, 2.05) is 58.9 Å². The van der Waals surface area contributed by atoms with Gasteiger partial charge in [-0.15, -0.1) is 24.0 Å². The molecule has 2 aromatic rings. The molecule has 0 atom stereocenters. The number of aromatic amines is 1. The summed E-state index contributed by atoms with van der Waals surface area (Å²) < 4.78 is 5.32. The van der Waals surface area contributed by atoms with Gasteiger partial charge in [0.1, 0.15) is 11.9 Å². The molecule has 0 bridgehead atoms. The van der Waals surface area contributed by atoms with Crippen LogP contribution in [0.15, 0.2) is 35.6 Å². The van der Waals surface area contributed by atoms with Crippen molar-refractivity contribution in [3.63, 3.8) is 0 Å². The van der Waals surface area contributed by atoms with Crippen LogP contribution in [0, 0.1) is 0 Å². The van der Waals surface area contributed by atoms with Gasteiger partial charge < -0.3 is 20.7 Å². The van der Waals surface area contributed by atoms with E-state index in [0.29, 0.717) is 19.0 Å². The fraction of sp³-hybridized carbons (Fsp3) is 0.500. The maximum Gasteiger partial charge on any atom is 0.408 e. The average molecular weight is 529 g/mol. The Morgan fingerprint density at radius 3 is 2.53 bits per heavy atom.